The summed E-state index contributed by atoms with van der Waals surface area (Å²) in [5.74, 6) is -1.08. The highest BCUT2D eigenvalue weighted by molar-refractivity contribution is 5.86. The van der Waals surface area contributed by atoms with Crippen molar-refractivity contribution < 1.29 is 9.90 Å². The van der Waals surface area contributed by atoms with E-state index in [0.717, 1.165) is 22.3 Å². The molecule has 0 atom stereocenters. The fourth-order valence-electron chi connectivity index (χ4n) is 2.18. The molecular weight excluding hydrogens is 282 g/mol. The minimum absolute atomic E-state index is 0.0358. The Morgan fingerprint density at radius 1 is 1.23 bits per heavy atom. The molecule has 0 unspecified atom stereocenters. The predicted octanol–water partition coefficient (Wildman–Crippen LogP) is 1.94. The van der Waals surface area contributed by atoms with Gasteiger partial charge in [-0.1, -0.05) is 6.08 Å². The number of aromatic carboxylic acids is 1. The average molecular weight is 295 g/mol. The van der Waals surface area contributed by atoms with Crippen LogP contribution in [0, 0.1) is 6.92 Å². The Kier molecular flexibility index (Phi) is 3.38. The first kappa shape index (κ1) is 13.9. The number of fused-ring (bicyclic) bond motifs is 1. The van der Waals surface area contributed by atoms with Crippen LogP contribution in [0.15, 0.2) is 24.7 Å². The molecule has 7 heteroatoms. The molecule has 0 aliphatic heterocycles. The van der Waals surface area contributed by atoms with Crippen molar-refractivity contribution in [3.63, 3.8) is 0 Å². The molecule has 3 heterocycles. The Morgan fingerprint density at radius 3 is 2.82 bits per heavy atom. The van der Waals surface area contributed by atoms with Crippen LogP contribution < -0.4 is 0 Å². The molecule has 0 saturated heterocycles. The van der Waals surface area contributed by atoms with Crippen LogP contribution in [-0.4, -0.2) is 35.8 Å². The lowest BCUT2D eigenvalue weighted by atomic mass is 10.2. The topological polar surface area (TPSA) is 93.8 Å². The van der Waals surface area contributed by atoms with Gasteiger partial charge in [-0.3, -0.25) is 4.68 Å². The second-order valence-corrected chi connectivity index (χ2v) is 4.82. The number of nitrogens with zero attached hydrogens (tertiary/aromatic N) is 5. The smallest absolute Gasteiger partial charge is 0.354 e. The zero-order valence-electron chi connectivity index (χ0n) is 12.1. The summed E-state index contributed by atoms with van der Waals surface area (Å²) in [7, 11) is 1.85. The Balaban J connectivity index is 1.94. The Labute approximate surface area is 126 Å². The second kappa shape index (κ2) is 5.36. The van der Waals surface area contributed by atoms with E-state index in [1.807, 2.05) is 26.1 Å². The van der Waals surface area contributed by atoms with E-state index >= 15 is 0 Å². The third kappa shape index (κ3) is 2.56. The summed E-state index contributed by atoms with van der Waals surface area (Å²) in [6.07, 6.45) is 6.52. The first-order valence-electron chi connectivity index (χ1n) is 6.57. The number of rotatable bonds is 3. The lowest BCUT2D eigenvalue weighted by molar-refractivity contribution is 0.0690. The van der Waals surface area contributed by atoms with E-state index in [-0.39, 0.29) is 5.69 Å². The maximum atomic E-state index is 10.9. The summed E-state index contributed by atoms with van der Waals surface area (Å²) in [5.41, 5.74) is 3.11. The van der Waals surface area contributed by atoms with Crippen molar-refractivity contribution in [2.75, 3.05) is 0 Å². The first-order valence-corrected chi connectivity index (χ1v) is 6.57. The number of carboxylic acid groups (broad SMARTS) is 1. The third-order valence-corrected chi connectivity index (χ3v) is 3.24. The monoisotopic (exact) mass is 295 g/mol. The van der Waals surface area contributed by atoms with E-state index in [9.17, 15) is 4.79 Å². The predicted molar refractivity (Wildman–Crippen MR) is 81.2 cm³/mol. The van der Waals surface area contributed by atoms with Gasteiger partial charge in [0.05, 0.1) is 11.4 Å². The number of carbonyl (C=O) groups is 1. The van der Waals surface area contributed by atoms with Crippen LogP contribution in [0.3, 0.4) is 0 Å². The Bertz CT molecular complexity index is 898. The van der Waals surface area contributed by atoms with E-state index in [1.54, 1.807) is 17.0 Å². The average Bonchev–Trinajstić information content (AvgIpc) is 2.80. The van der Waals surface area contributed by atoms with Crippen molar-refractivity contribution in [2.45, 2.75) is 6.92 Å². The molecule has 0 spiro atoms. The molecule has 0 radical (unpaired) electrons. The molecule has 3 aromatic heterocycles. The van der Waals surface area contributed by atoms with Gasteiger partial charge < -0.3 is 5.11 Å². The van der Waals surface area contributed by atoms with E-state index in [4.69, 9.17) is 5.11 Å². The largest absolute Gasteiger partial charge is 0.477 e. The van der Waals surface area contributed by atoms with Crippen LogP contribution in [0.2, 0.25) is 0 Å². The van der Waals surface area contributed by atoms with Crippen molar-refractivity contribution in [3.05, 3.63) is 47.3 Å². The molecule has 0 bridgehead atoms. The molecule has 0 aromatic carbocycles. The maximum absolute atomic E-state index is 10.9. The van der Waals surface area contributed by atoms with Crippen molar-refractivity contribution in [2.24, 2.45) is 7.05 Å². The number of carboxylic acids is 1. The summed E-state index contributed by atoms with van der Waals surface area (Å²) >= 11 is 0. The van der Waals surface area contributed by atoms with E-state index in [0.29, 0.717) is 5.69 Å². The van der Waals surface area contributed by atoms with E-state index < -0.39 is 5.97 Å². The minimum atomic E-state index is -1.08. The fraction of sp³-hybridized carbons (Fsp3) is 0.133. The minimum Gasteiger partial charge on any atom is -0.477 e. The standard InChI is InChI=1S/C15H13N5O2/c1-9-12-5-10(7-16-14(12)20(2)19-9)3-4-11-6-13(15(21)22)18-8-17-11/h3-8H,1-2H3,(H,21,22). The highest BCUT2D eigenvalue weighted by Gasteiger charge is 2.06. The third-order valence-electron chi connectivity index (χ3n) is 3.24. The molecule has 3 aromatic rings. The molecule has 0 fully saturated rings. The summed E-state index contributed by atoms with van der Waals surface area (Å²) in [4.78, 5) is 23.0. The van der Waals surface area contributed by atoms with Gasteiger partial charge >= 0.3 is 5.97 Å². The number of aryl methyl sites for hydroxylation is 2. The highest BCUT2D eigenvalue weighted by Crippen LogP contribution is 2.17. The van der Waals surface area contributed by atoms with Crippen molar-refractivity contribution in [1.29, 1.82) is 0 Å². The van der Waals surface area contributed by atoms with Crippen LogP contribution in [-0.2, 0) is 7.05 Å². The quantitative estimate of drug-likeness (QED) is 0.793. The molecule has 110 valence electrons. The Hall–Kier alpha value is -3.09. The zero-order valence-corrected chi connectivity index (χ0v) is 12.1. The van der Waals surface area contributed by atoms with E-state index in [2.05, 4.69) is 20.1 Å². The van der Waals surface area contributed by atoms with Crippen LogP contribution in [0.5, 0.6) is 0 Å². The molecule has 22 heavy (non-hydrogen) atoms. The van der Waals surface area contributed by atoms with Crippen LogP contribution in [0.1, 0.15) is 27.4 Å². The molecule has 7 nitrogen and oxygen atoms in total. The zero-order chi connectivity index (χ0) is 15.7. The lowest BCUT2D eigenvalue weighted by Crippen LogP contribution is -2.00. The molecule has 3 rings (SSSR count). The van der Waals surface area contributed by atoms with Gasteiger partial charge in [0.15, 0.2) is 11.3 Å². The summed E-state index contributed by atoms with van der Waals surface area (Å²) < 4.78 is 1.74. The molecular formula is C15H13N5O2. The normalized spacial score (nSPS) is 11.4. The lowest BCUT2D eigenvalue weighted by Gasteiger charge is -1.97. The number of pyridine rings is 1. The van der Waals surface area contributed by atoms with Gasteiger partial charge in [-0.2, -0.15) is 5.10 Å². The molecule has 1 N–H and O–H groups in total. The van der Waals surface area contributed by atoms with Crippen molar-refractivity contribution in [1.82, 2.24) is 24.7 Å². The van der Waals surface area contributed by atoms with Crippen LogP contribution >= 0.6 is 0 Å². The van der Waals surface area contributed by atoms with Crippen LogP contribution in [0.25, 0.3) is 23.2 Å². The van der Waals surface area contributed by atoms with Gasteiger partial charge in [-0.05, 0) is 30.7 Å². The van der Waals surface area contributed by atoms with Crippen molar-refractivity contribution in [3.8, 4) is 0 Å². The number of aromatic nitrogens is 5. The summed E-state index contributed by atoms with van der Waals surface area (Å²) in [6, 6.07) is 3.40. The molecule has 0 aliphatic carbocycles. The van der Waals surface area contributed by atoms with Gasteiger partial charge in [-0.25, -0.2) is 19.7 Å². The molecule has 0 amide bonds. The van der Waals surface area contributed by atoms with Crippen LogP contribution in [0.4, 0.5) is 0 Å². The van der Waals surface area contributed by atoms with Gasteiger partial charge in [0, 0.05) is 18.6 Å². The molecule has 0 aliphatic rings. The van der Waals surface area contributed by atoms with E-state index in [1.165, 1.54) is 12.4 Å². The second-order valence-electron chi connectivity index (χ2n) is 4.82. The van der Waals surface area contributed by atoms with Gasteiger partial charge in [0.2, 0.25) is 0 Å². The van der Waals surface area contributed by atoms with Gasteiger partial charge in [0.1, 0.15) is 6.33 Å². The SMILES string of the molecule is Cc1nn(C)c2ncc(C=Cc3cc(C(=O)O)ncn3)cc12. The van der Waals surface area contributed by atoms with Crippen molar-refractivity contribution >= 4 is 29.2 Å². The summed E-state index contributed by atoms with van der Waals surface area (Å²) in [6.45, 7) is 1.93. The number of hydrogen-bond acceptors (Lipinski definition) is 5. The molecule has 0 saturated carbocycles. The number of hydrogen-bond donors (Lipinski definition) is 1. The summed E-state index contributed by atoms with van der Waals surface area (Å²) in [5, 5.41) is 14.2. The highest BCUT2D eigenvalue weighted by atomic mass is 16.4. The van der Waals surface area contributed by atoms with Gasteiger partial charge in [-0.15, -0.1) is 0 Å². The van der Waals surface area contributed by atoms with Gasteiger partial charge in [0.25, 0.3) is 0 Å². The Morgan fingerprint density at radius 2 is 2.05 bits per heavy atom. The first-order chi connectivity index (χ1) is 10.5. The maximum Gasteiger partial charge on any atom is 0.354 e. The fourth-order valence-corrected chi connectivity index (χ4v) is 2.18.